The Balaban J connectivity index is 0.000000550. The third-order valence-electron chi connectivity index (χ3n) is 2.55. The smallest absolute Gasteiger partial charge is 0.336 e. The molecule has 0 heterocycles. The summed E-state index contributed by atoms with van der Waals surface area (Å²) in [5.74, 6) is -1.17. The van der Waals surface area contributed by atoms with Gasteiger partial charge in [-0.15, -0.1) is 0 Å². The predicted molar refractivity (Wildman–Crippen MR) is 91.8 cm³/mol. The van der Waals surface area contributed by atoms with Crippen LogP contribution in [-0.2, 0) is 20.2 Å². The minimum atomic E-state index is -3.69. The highest BCUT2D eigenvalue weighted by Gasteiger charge is 2.14. The van der Waals surface area contributed by atoms with E-state index in [9.17, 15) is 26.7 Å². The van der Waals surface area contributed by atoms with Crippen molar-refractivity contribution >= 4 is 26.2 Å². The van der Waals surface area contributed by atoms with E-state index < -0.39 is 26.2 Å². The van der Waals surface area contributed by atoms with Crippen LogP contribution in [0, 0.1) is 0 Å². The molecule has 2 aromatic carbocycles. The lowest BCUT2D eigenvalue weighted by Crippen LogP contribution is -2.07. The van der Waals surface area contributed by atoms with E-state index in [1.165, 1.54) is 18.2 Å². The Hall–Kier alpha value is -2.43. The highest BCUT2D eigenvalue weighted by Crippen LogP contribution is 2.27. The summed E-state index contributed by atoms with van der Waals surface area (Å²) in [6, 6.07) is 13.1. The van der Waals surface area contributed by atoms with Crippen molar-refractivity contribution < 1.29 is 35.5 Å². The van der Waals surface area contributed by atoms with E-state index in [1.54, 1.807) is 24.3 Å². The molecule has 0 atom stereocenters. The quantitative estimate of drug-likeness (QED) is 0.599. The minimum absolute atomic E-state index is 0.0163. The Morgan fingerprint density at radius 1 is 0.960 bits per heavy atom. The molecule has 0 unspecified atom stereocenters. The molecule has 2 rings (SSSR count). The SMILES string of the molecule is CS(=O)(=O)O.CS(=O)(=O)Oc1ccc(-c2ccccc2)c(C(=O)O)c1. The molecule has 0 amide bonds. The minimum Gasteiger partial charge on any atom is -0.478 e. The Bertz CT molecular complexity index is 940. The van der Waals surface area contributed by atoms with Crippen LogP contribution in [0.5, 0.6) is 5.75 Å². The molecule has 8 nitrogen and oxygen atoms in total. The summed E-state index contributed by atoms with van der Waals surface area (Å²) >= 11 is 0. The van der Waals surface area contributed by atoms with Gasteiger partial charge in [-0.25, -0.2) is 4.79 Å². The van der Waals surface area contributed by atoms with Crippen LogP contribution in [0.1, 0.15) is 10.4 Å². The van der Waals surface area contributed by atoms with Crippen LogP contribution in [0.2, 0.25) is 0 Å². The fourth-order valence-corrected chi connectivity index (χ4v) is 2.25. The third kappa shape index (κ3) is 8.29. The maximum Gasteiger partial charge on any atom is 0.336 e. The second kappa shape index (κ2) is 8.10. The second-order valence-corrected chi connectivity index (χ2v) is 7.94. The van der Waals surface area contributed by atoms with Crippen LogP contribution in [0.3, 0.4) is 0 Å². The topological polar surface area (TPSA) is 135 Å². The first kappa shape index (κ1) is 20.6. The zero-order valence-electron chi connectivity index (χ0n) is 13.3. The summed E-state index contributed by atoms with van der Waals surface area (Å²) < 4.78 is 52.7. The number of benzene rings is 2. The van der Waals surface area contributed by atoms with E-state index in [-0.39, 0.29) is 11.3 Å². The van der Waals surface area contributed by atoms with Gasteiger partial charge < -0.3 is 9.29 Å². The van der Waals surface area contributed by atoms with Crippen LogP contribution < -0.4 is 4.18 Å². The third-order valence-corrected chi connectivity index (χ3v) is 3.05. The molecule has 0 aliphatic heterocycles. The fourth-order valence-electron chi connectivity index (χ4n) is 1.80. The number of hydrogen-bond donors (Lipinski definition) is 2. The van der Waals surface area contributed by atoms with E-state index in [1.807, 2.05) is 6.07 Å². The Morgan fingerprint density at radius 2 is 1.48 bits per heavy atom. The lowest BCUT2D eigenvalue weighted by molar-refractivity contribution is 0.0697. The van der Waals surface area contributed by atoms with Gasteiger partial charge in [-0.05, 0) is 29.3 Å². The molecule has 2 aromatic rings. The lowest BCUT2D eigenvalue weighted by atomic mass is 9.99. The molecule has 0 aromatic heterocycles. The molecule has 0 bridgehead atoms. The fraction of sp³-hybridized carbons (Fsp3) is 0.133. The van der Waals surface area contributed by atoms with Crippen LogP contribution >= 0.6 is 0 Å². The maximum absolute atomic E-state index is 11.3. The zero-order chi connectivity index (χ0) is 19.3. The average Bonchev–Trinajstić information content (AvgIpc) is 2.44. The largest absolute Gasteiger partial charge is 0.478 e. The number of rotatable bonds is 4. The van der Waals surface area contributed by atoms with Crippen molar-refractivity contribution in [2.45, 2.75) is 0 Å². The van der Waals surface area contributed by atoms with E-state index in [0.29, 0.717) is 11.8 Å². The van der Waals surface area contributed by atoms with Crippen LogP contribution in [-0.4, -0.2) is 45.0 Å². The summed E-state index contributed by atoms with van der Waals surface area (Å²) in [5.41, 5.74) is 1.21. The lowest BCUT2D eigenvalue weighted by Gasteiger charge is -2.09. The van der Waals surface area contributed by atoms with Gasteiger partial charge in [-0.2, -0.15) is 16.8 Å². The van der Waals surface area contributed by atoms with Gasteiger partial charge in [0.2, 0.25) is 0 Å². The monoisotopic (exact) mass is 388 g/mol. The van der Waals surface area contributed by atoms with E-state index in [0.717, 1.165) is 11.8 Å². The zero-order valence-corrected chi connectivity index (χ0v) is 14.9. The van der Waals surface area contributed by atoms with Crippen molar-refractivity contribution in [3.05, 3.63) is 54.1 Å². The van der Waals surface area contributed by atoms with Gasteiger partial charge in [0.1, 0.15) is 5.75 Å². The van der Waals surface area contributed by atoms with Crippen molar-refractivity contribution in [1.29, 1.82) is 0 Å². The number of aromatic carboxylic acids is 1. The van der Waals surface area contributed by atoms with Crippen molar-refractivity contribution in [1.82, 2.24) is 0 Å². The standard InChI is InChI=1S/C14H12O5S.CH4O3S/c1-20(17,18)19-11-7-8-12(13(9-11)14(15)16)10-5-3-2-4-6-10;1-5(2,3)4/h2-9H,1H3,(H,15,16);1H3,(H,2,3,4). The molecule has 0 saturated heterocycles. The molecular weight excluding hydrogens is 372 g/mol. The van der Waals surface area contributed by atoms with Crippen molar-refractivity contribution in [3.8, 4) is 16.9 Å². The molecule has 0 fully saturated rings. The molecule has 2 N–H and O–H groups in total. The maximum atomic E-state index is 11.3. The highest BCUT2D eigenvalue weighted by molar-refractivity contribution is 7.86. The van der Waals surface area contributed by atoms with Gasteiger partial charge in [0.05, 0.1) is 18.1 Å². The number of carboxylic acids is 1. The van der Waals surface area contributed by atoms with Crippen molar-refractivity contribution in [2.24, 2.45) is 0 Å². The van der Waals surface area contributed by atoms with Crippen LogP contribution in [0.25, 0.3) is 11.1 Å². The average molecular weight is 388 g/mol. The molecular formula is C15H16O8S2. The summed E-state index contributed by atoms with van der Waals surface area (Å²) in [4.78, 5) is 11.3. The molecule has 136 valence electrons. The summed E-state index contributed by atoms with van der Waals surface area (Å²) in [5, 5.41) is 9.24. The number of carboxylic acid groups (broad SMARTS) is 1. The number of hydrogen-bond acceptors (Lipinski definition) is 6. The highest BCUT2D eigenvalue weighted by atomic mass is 32.2. The van der Waals surface area contributed by atoms with Crippen LogP contribution in [0.4, 0.5) is 0 Å². The van der Waals surface area contributed by atoms with Gasteiger partial charge in [0, 0.05) is 0 Å². The molecule has 0 aliphatic carbocycles. The van der Waals surface area contributed by atoms with Crippen molar-refractivity contribution in [2.75, 3.05) is 12.5 Å². The Morgan fingerprint density at radius 3 is 1.92 bits per heavy atom. The van der Waals surface area contributed by atoms with Gasteiger partial charge in [-0.3, -0.25) is 4.55 Å². The molecule has 0 saturated carbocycles. The molecule has 10 heteroatoms. The normalized spacial score (nSPS) is 11.2. The molecule has 0 aliphatic rings. The van der Waals surface area contributed by atoms with Crippen LogP contribution in [0.15, 0.2) is 48.5 Å². The molecule has 0 radical (unpaired) electrons. The first-order chi connectivity index (χ1) is 11.4. The van der Waals surface area contributed by atoms with E-state index in [2.05, 4.69) is 0 Å². The molecule has 25 heavy (non-hydrogen) atoms. The molecule has 0 spiro atoms. The summed E-state index contributed by atoms with van der Waals surface area (Å²) in [7, 11) is -7.36. The summed E-state index contributed by atoms with van der Waals surface area (Å²) in [6.45, 7) is 0. The Kier molecular flexibility index (Phi) is 6.68. The van der Waals surface area contributed by atoms with Gasteiger partial charge >= 0.3 is 16.1 Å². The Labute approximate surface area is 145 Å². The van der Waals surface area contributed by atoms with E-state index >= 15 is 0 Å². The first-order valence-electron chi connectivity index (χ1n) is 6.61. The predicted octanol–water partition coefficient (Wildman–Crippen LogP) is 1.89. The van der Waals surface area contributed by atoms with Gasteiger partial charge in [-0.1, -0.05) is 30.3 Å². The van der Waals surface area contributed by atoms with Crippen molar-refractivity contribution in [3.63, 3.8) is 0 Å². The summed E-state index contributed by atoms with van der Waals surface area (Å²) in [6.07, 6.45) is 1.62. The van der Waals surface area contributed by atoms with Gasteiger partial charge in [0.25, 0.3) is 10.1 Å². The second-order valence-electron chi connectivity index (χ2n) is 4.90. The van der Waals surface area contributed by atoms with E-state index in [4.69, 9.17) is 8.74 Å². The first-order valence-corrected chi connectivity index (χ1v) is 10.3. The van der Waals surface area contributed by atoms with Gasteiger partial charge in [0.15, 0.2) is 0 Å². The number of carbonyl (C=O) groups is 1.